The van der Waals surface area contributed by atoms with Crippen LogP contribution < -0.4 is 20.7 Å². The summed E-state index contributed by atoms with van der Waals surface area (Å²) in [5.41, 5.74) is 1.45. The Kier molecular flexibility index (Phi) is 17.7. The highest BCUT2D eigenvalue weighted by Crippen LogP contribution is 2.29. The lowest BCUT2D eigenvalue weighted by atomic mass is 9.90. The van der Waals surface area contributed by atoms with E-state index in [1.807, 2.05) is 37.3 Å². The number of rotatable bonds is 23. The summed E-state index contributed by atoms with van der Waals surface area (Å²) < 4.78 is 20.8. The molecule has 292 valence electrons. The number of carbonyl (C=O) groups excluding carboxylic acids is 6. The van der Waals surface area contributed by atoms with Crippen LogP contribution in [-0.2, 0) is 40.1 Å². The van der Waals surface area contributed by atoms with E-state index in [-0.39, 0.29) is 42.9 Å². The molecule has 3 unspecified atom stereocenters. The molecule has 0 aliphatic heterocycles. The summed E-state index contributed by atoms with van der Waals surface area (Å²) in [6.45, 7) is 5.86. The topological polar surface area (TPSA) is 192 Å². The molecule has 0 saturated carbocycles. The Bertz CT molecular complexity index is 1690. The predicted molar refractivity (Wildman–Crippen MR) is 197 cm³/mol. The fourth-order valence-electron chi connectivity index (χ4n) is 5.69. The molecule has 0 fully saturated rings. The third-order valence-electron chi connectivity index (χ3n) is 8.53. The average Bonchev–Trinajstić information content (AvgIpc) is 3.69. The van der Waals surface area contributed by atoms with Gasteiger partial charge in [-0.05, 0) is 49.6 Å². The van der Waals surface area contributed by atoms with Gasteiger partial charge in [-0.15, -0.1) is 0 Å². The largest absolute Gasteiger partial charge is 0.493 e. The Morgan fingerprint density at radius 3 is 2.30 bits per heavy atom. The third-order valence-corrected chi connectivity index (χ3v) is 8.53. The highest BCUT2D eigenvalue weighted by molar-refractivity contribution is 6.00. The summed E-state index contributed by atoms with van der Waals surface area (Å²) >= 11 is 0. The van der Waals surface area contributed by atoms with Crippen LogP contribution in [0.5, 0.6) is 5.75 Å². The molecule has 0 spiro atoms. The molecule has 15 heteroatoms. The molecule has 0 aliphatic carbocycles. The lowest BCUT2D eigenvalue weighted by molar-refractivity contribution is -0.200. The number of furan rings is 1. The first-order valence-corrected chi connectivity index (χ1v) is 17.9. The van der Waals surface area contributed by atoms with E-state index in [4.69, 9.17) is 18.7 Å². The molecular weight excluding hydrogens is 700 g/mol. The van der Waals surface area contributed by atoms with Gasteiger partial charge in [0.25, 0.3) is 11.8 Å². The summed E-state index contributed by atoms with van der Waals surface area (Å²) in [5, 5.41) is 9.11. The fourth-order valence-corrected chi connectivity index (χ4v) is 5.69. The number of unbranched alkanes of at least 4 members (excludes halogenated alkanes) is 2. The number of amides is 4. The third kappa shape index (κ3) is 12.5. The van der Waals surface area contributed by atoms with Gasteiger partial charge < -0.3 is 34.6 Å². The predicted octanol–water partition coefficient (Wildman–Crippen LogP) is 4.55. The van der Waals surface area contributed by atoms with Crippen molar-refractivity contribution in [1.82, 2.24) is 21.0 Å². The maximum atomic E-state index is 13.5. The molecule has 0 bridgehead atoms. The van der Waals surface area contributed by atoms with Crippen molar-refractivity contribution >= 4 is 36.1 Å². The summed E-state index contributed by atoms with van der Waals surface area (Å²) in [5.74, 6) is -3.31. The fraction of sp³-hybridized carbons (Fsp3) is 0.436. The van der Waals surface area contributed by atoms with Crippen LogP contribution in [0.15, 0.2) is 65.1 Å². The number of esters is 2. The van der Waals surface area contributed by atoms with E-state index < -0.39 is 48.2 Å². The highest BCUT2D eigenvalue weighted by Gasteiger charge is 2.32. The van der Waals surface area contributed by atoms with E-state index in [9.17, 15) is 28.8 Å². The van der Waals surface area contributed by atoms with Gasteiger partial charge in [-0.1, -0.05) is 69.5 Å². The Labute approximate surface area is 315 Å². The normalized spacial score (nSPS) is 12.4. The number of methoxy groups -OCH3 is 2. The van der Waals surface area contributed by atoms with Gasteiger partial charge in [0.15, 0.2) is 5.76 Å². The highest BCUT2D eigenvalue weighted by atomic mass is 16.7. The summed E-state index contributed by atoms with van der Waals surface area (Å²) in [7, 11) is 2.30. The molecule has 0 radical (unpaired) electrons. The van der Waals surface area contributed by atoms with Crippen molar-refractivity contribution in [3.8, 4) is 17.1 Å². The second-order valence-electron chi connectivity index (χ2n) is 12.2. The van der Waals surface area contributed by atoms with Crippen LogP contribution >= 0.6 is 0 Å². The first-order valence-electron chi connectivity index (χ1n) is 17.9. The van der Waals surface area contributed by atoms with Gasteiger partial charge in [0.05, 0.1) is 51.4 Å². The Morgan fingerprint density at radius 1 is 0.889 bits per heavy atom. The van der Waals surface area contributed by atoms with Gasteiger partial charge in [0.2, 0.25) is 12.3 Å². The van der Waals surface area contributed by atoms with Crippen molar-refractivity contribution in [2.75, 3.05) is 27.5 Å². The molecule has 3 rings (SSSR count). The SMILES string of the molecule is CCCCCC(C(=O)NCNC(=O)c1ccc(-c2ccc(C(=O)NC(CC(=O)OC)C(=O)OC)c(OCC)c2)o1)C(CC)N(C=O)OCc1ccccc1. The Morgan fingerprint density at radius 2 is 1.65 bits per heavy atom. The molecule has 54 heavy (non-hydrogen) atoms. The van der Waals surface area contributed by atoms with Crippen LogP contribution in [0.3, 0.4) is 0 Å². The number of hydrogen-bond acceptors (Lipinski definition) is 11. The van der Waals surface area contributed by atoms with E-state index >= 15 is 0 Å². The second kappa shape index (κ2) is 22.4. The molecule has 0 saturated heterocycles. The zero-order valence-electron chi connectivity index (χ0n) is 31.4. The number of hydrogen-bond donors (Lipinski definition) is 3. The Balaban J connectivity index is 1.67. The maximum absolute atomic E-state index is 13.5. The van der Waals surface area contributed by atoms with Gasteiger partial charge >= 0.3 is 11.9 Å². The zero-order valence-corrected chi connectivity index (χ0v) is 31.4. The smallest absolute Gasteiger partial charge is 0.328 e. The average molecular weight is 751 g/mol. The van der Waals surface area contributed by atoms with E-state index in [1.165, 1.54) is 17.2 Å². The first kappa shape index (κ1) is 42.7. The summed E-state index contributed by atoms with van der Waals surface area (Å²) in [6.07, 6.45) is 3.81. The van der Waals surface area contributed by atoms with Gasteiger partial charge in [0, 0.05) is 5.56 Å². The van der Waals surface area contributed by atoms with Crippen molar-refractivity contribution in [2.45, 2.75) is 78.0 Å². The standard InChI is InChI=1S/C39H50N4O11/c1-6-9-11-16-28(31(7-2)43(25-44)53-23-26-14-12-10-13-15-26)36(46)40-24-41-38(48)33-20-19-32(54-33)27-17-18-29(34(21-27)52-8-3)37(47)42-30(39(49)51-5)22-35(45)50-4/h10,12-15,17-21,25,28,30-31H,6-9,11,16,22-24H2,1-5H3,(H,40,46)(H,41,48)(H,42,47). The second-order valence-corrected chi connectivity index (χ2v) is 12.2. The zero-order chi connectivity index (χ0) is 39.5. The number of ether oxygens (including phenoxy) is 3. The van der Waals surface area contributed by atoms with E-state index in [1.54, 1.807) is 25.1 Å². The first-order chi connectivity index (χ1) is 26.1. The number of nitrogens with one attached hydrogen (secondary N) is 3. The maximum Gasteiger partial charge on any atom is 0.328 e. The van der Waals surface area contributed by atoms with Crippen molar-refractivity contribution < 1.29 is 52.2 Å². The molecule has 1 heterocycles. The van der Waals surface area contributed by atoms with Crippen molar-refractivity contribution in [3.05, 3.63) is 77.6 Å². The number of hydroxylamine groups is 2. The van der Waals surface area contributed by atoms with E-state index in [2.05, 4.69) is 27.6 Å². The number of benzene rings is 2. The monoisotopic (exact) mass is 750 g/mol. The van der Waals surface area contributed by atoms with Gasteiger partial charge in [-0.25, -0.2) is 9.86 Å². The molecule has 0 aliphatic rings. The van der Waals surface area contributed by atoms with Crippen molar-refractivity contribution in [3.63, 3.8) is 0 Å². The number of nitrogens with zero attached hydrogens (tertiary/aromatic N) is 1. The number of carbonyl (C=O) groups is 6. The summed E-state index contributed by atoms with van der Waals surface area (Å²) in [4.78, 5) is 81.6. The minimum absolute atomic E-state index is 0.0323. The van der Waals surface area contributed by atoms with Crippen LogP contribution in [-0.4, -0.2) is 80.7 Å². The van der Waals surface area contributed by atoms with E-state index in [0.717, 1.165) is 39.0 Å². The lowest BCUT2D eigenvalue weighted by Gasteiger charge is -2.32. The molecule has 3 atom stereocenters. The minimum Gasteiger partial charge on any atom is -0.493 e. The minimum atomic E-state index is -1.29. The van der Waals surface area contributed by atoms with Crippen LogP contribution in [0.25, 0.3) is 11.3 Å². The Hall–Kier alpha value is -5.70. The van der Waals surface area contributed by atoms with Gasteiger partial charge in [-0.2, -0.15) is 0 Å². The van der Waals surface area contributed by atoms with Gasteiger partial charge in [0.1, 0.15) is 24.2 Å². The molecule has 3 aromatic rings. The van der Waals surface area contributed by atoms with Gasteiger partial charge in [-0.3, -0.25) is 28.8 Å². The molecule has 1 aromatic heterocycles. The lowest BCUT2D eigenvalue weighted by Crippen LogP contribution is -2.48. The van der Waals surface area contributed by atoms with Crippen LogP contribution in [0.4, 0.5) is 0 Å². The van der Waals surface area contributed by atoms with Crippen LogP contribution in [0.1, 0.15) is 85.8 Å². The van der Waals surface area contributed by atoms with Crippen molar-refractivity contribution in [1.29, 1.82) is 0 Å². The summed E-state index contributed by atoms with van der Waals surface area (Å²) in [6, 6.07) is 15.2. The molecule has 2 aromatic carbocycles. The molecular formula is C39H50N4O11. The van der Waals surface area contributed by atoms with E-state index in [0.29, 0.717) is 30.6 Å². The quantitative estimate of drug-likeness (QED) is 0.0405. The molecule has 4 amide bonds. The van der Waals surface area contributed by atoms with Crippen LogP contribution in [0, 0.1) is 5.92 Å². The van der Waals surface area contributed by atoms with Crippen molar-refractivity contribution in [2.24, 2.45) is 5.92 Å². The molecule has 3 N–H and O–H groups in total. The van der Waals surface area contributed by atoms with Crippen LogP contribution in [0.2, 0.25) is 0 Å². The molecule has 15 nitrogen and oxygen atoms in total.